The van der Waals surface area contributed by atoms with Crippen molar-refractivity contribution in [3.8, 4) is 0 Å². The Morgan fingerprint density at radius 2 is 2.21 bits per heavy atom. The maximum atomic E-state index is 12.1. The molecule has 100 valence electrons. The molecule has 0 saturated heterocycles. The van der Waals surface area contributed by atoms with E-state index < -0.39 is 0 Å². The molecule has 0 bridgehead atoms. The van der Waals surface area contributed by atoms with E-state index in [1.807, 2.05) is 25.1 Å². The Balaban J connectivity index is 2.11. The van der Waals surface area contributed by atoms with E-state index in [-0.39, 0.29) is 5.91 Å². The molecule has 0 aliphatic carbocycles. The van der Waals surface area contributed by atoms with Gasteiger partial charge in [-0.15, -0.1) is 0 Å². The third kappa shape index (κ3) is 3.56. The van der Waals surface area contributed by atoms with E-state index in [9.17, 15) is 4.79 Å². The summed E-state index contributed by atoms with van der Waals surface area (Å²) in [4.78, 5) is 12.1. The van der Waals surface area contributed by atoms with Gasteiger partial charge in [0.25, 0.3) is 5.91 Å². The van der Waals surface area contributed by atoms with Crippen molar-refractivity contribution in [2.75, 3.05) is 5.32 Å². The normalized spacial score (nSPS) is 10.5. The molecule has 1 amide bonds. The van der Waals surface area contributed by atoms with Crippen LogP contribution in [0, 0.1) is 10.5 Å². The highest BCUT2D eigenvalue weighted by Crippen LogP contribution is 2.18. The summed E-state index contributed by atoms with van der Waals surface area (Å²) in [5.74, 6) is -0.178. The van der Waals surface area contributed by atoms with Crippen LogP contribution in [-0.2, 0) is 6.42 Å². The van der Waals surface area contributed by atoms with Crippen LogP contribution < -0.4 is 5.32 Å². The van der Waals surface area contributed by atoms with Crippen molar-refractivity contribution < 1.29 is 4.79 Å². The van der Waals surface area contributed by atoms with Crippen LogP contribution in [0.1, 0.15) is 35.1 Å². The molecule has 19 heavy (non-hydrogen) atoms. The summed E-state index contributed by atoms with van der Waals surface area (Å²) in [7, 11) is 0. The number of nitrogens with one attached hydrogen (secondary N) is 2. The molecule has 0 unspecified atom stereocenters. The highest BCUT2D eigenvalue weighted by atomic mass is 127. The van der Waals surface area contributed by atoms with Crippen molar-refractivity contribution >= 4 is 34.2 Å². The monoisotopic (exact) mass is 369 g/mol. The molecular formula is C14H16IN3O. The van der Waals surface area contributed by atoms with Crippen molar-refractivity contribution in [2.45, 2.75) is 26.7 Å². The maximum absolute atomic E-state index is 12.1. The van der Waals surface area contributed by atoms with Gasteiger partial charge in [0.05, 0.1) is 0 Å². The van der Waals surface area contributed by atoms with Crippen molar-refractivity contribution in [3.63, 3.8) is 0 Å². The molecular weight excluding hydrogens is 353 g/mol. The van der Waals surface area contributed by atoms with Crippen LogP contribution in [0.4, 0.5) is 5.69 Å². The van der Waals surface area contributed by atoms with Crippen LogP contribution in [0.25, 0.3) is 0 Å². The van der Waals surface area contributed by atoms with Crippen LogP contribution in [0.2, 0.25) is 0 Å². The van der Waals surface area contributed by atoms with E-state index in [4.69, 9.17) is 0 Å². The standard InChI is InChI=1S/C14H16IN3O/c1-3-4-11-8-13(18-17-11)14(19)16-12-6-5-10(15)7-9(12)2/h5-8H,3-4H2,1-2H3,(H,16,19)(H,17,18). The third-order valence-electron chi connectivity index (χ3n) is 2.82. The topological polar surface area (TPSA) is 57.8 Å². The van der Waals surface area contributed by atoms with E-state index in [0.717, 1.165) is 33.4 Å². The number of hydrogen-bond donors (Lipinski definition) is 2. The first-order valence-corrected chi connectivity index (χ1v) is 7.30. The summed E-state index contributed by atoms with van der Waals surface area (Å²) < 4.78 is 1.15. The number of anilines is 1. The maximum Gasteiger partial charge on any atom is 0.276 e. The van der Waals surface area contributed by atoms with Crippen LogP contribution in [0.3, 0.4) is 0 Å². The highest BCUT2D eigenvalue weighted by molar-refractivity contribution is 14.1. The van der Waals surface area contributed by atoms with Crippen LogP contribution in [0.15, 0.2) is 24.3 Å². The number of rotatable bonds is 4. The van der Waals surface area contributed by atoms with Gasteiger partial charge in [0.2, 0.25) is 0 Å². The number of aromatic amines is 1. The number of H-pyrrole nitrogens is 1. The summed E-state index contributed by atoms with van der Waals surface area (Å²) in [5.41, 5.74) is 3.29. The molecule has 0 saturated carbocycles. The lowest BCUT2D eigenvalue weighted by Crippen LogP contribution is -2.13. The number of nitrogens with zero attached hydrogens (tertiary/aromatic N) is 1. The van der Waals surface area contributed by atoms with Crippen molar-refractivity contribution in [3.05, 3.63) is 44.8 Å². The Bertz CT molecular complexity index is 592. The first-order valence-electron chi connectivity index (χ1n) is 6.22. The fraction of sp³-hybridized carbons (Fsp3) is 0.286. The largest absolute Gasteiger partial charge is 0.320 e. The SMILES string of the molecule is CCCc1cc(C(=O)Nc2ccc(I)cc2C)n[nH]1. The smallest absolute Gasteiger partial charge is 0.276 e. The highest BCUT2D eigenvalue weighted by Gasteiger charge is 2.11. The summed E-state index contributed by atoms with van der Waals surface area (Å²) in [5, 5.41) is 9.81. The summed E-state index contributed by atoms with van der Waals surface area (Å²) in [6.07, 6.45) is 1.93. The van der Waals surface area contributed by atoms with Crippen LogP contribution in [-0.4, -0.2) is 16.1 Å². The Hall–Kier alpha value is -1.37. The number of benzene rings is 1. The van der Waals surface area contributed by atoms with Crippen molar-refractivity contribution in [1.82, 2.24) is 10.2 Å². The Morgan fingerprint density at radius 1 is 1.42 bits per heavy atom. The third-order valence-corrected chi connectivity index (χ3v) is 3.49. The molecule has 0 spiro atoms. The minimum Gasteiger partial charge on any atom is -0.320 e. The van der Waals surface area contributed by atoms with E-state index in [1.165, 1.54) is 0 Å². The van der Waals surface area contributed by atoms with Gasteiger partial charge in [-0.1, -0.05) is 13.3 Å². The molecule has 2 aromatic rings. The summed E-state index contributed by atoms with van der Waals surface area (Å²) in [6, 6.07) is 7.72. The van der Waals surface area contributed by atoms with Gasteiger partial charge in [-0.25, -0.2) is 0 Å². The predicted molar refractivity (Wildman–Crippen MR) is 84.4 cm³/mol. The second-order valence-electron chi connectivity index (χ2n) is 4.44. The number of carbonyl (C=O) groups is 1. The zero-order chi connectivity index (χ0) is 13.8. The number of amides is 1. The van der Waals surface area contributed by atoms with Gasteiger partial charge in [0, 0.05) is 15.0 Å². The lowest BCUT2D eigenvalue weighted by molar-refractivity contribution is 0.102. The first kappa shape index (κ1) is 14.0. The second kappa shape index (κ2) is 6.18. The molecule has 1 heterocycles. The van der Waals surface area contributed by atoms with E-state index in [0.29, 0.717) is 5.69 Å². The van der Waals surface area contributed by atoms with Crippen molar-refractivity contribution in [1.29, 1.82) is 0 Å². The van der Waals surface area contributed by atoms with Gasteiger partial charge in [-0.05, 0) is 65.8 Å². The molecule has 2 rings (SSSR count). The number of halogens is 1. The minimum absolute atomic E-state index is 0.178. The van der Waals surface area contributed by atoms with Gasteiger partial charge in [-0.2, -0.15) is 5.10 Å². The molecule has 1 aromatic carbocycles. The number of carbonyl (C=O) groups excluding carboxylic acids is 1. The average Bonchev–Trinajstić information content (AvgIpc) is 2.82. The first-order chi connectivity index (χ1) is 9.10. The Kier molecular flexibility index (Phi) is 4.57. The molecule has 0 fully saturated rings. The number of aryl methyl sites for hydroxylation is 2. The lowest BCUT2D eigenvalue weighted by Gasteiger charge is -2.07. The van der Waals surface area contributed by atoms with Gasteiger partial charge >= 0.3 is 0 Å². The van der Waals surface area contributed by atoms with E-state index in [1.54, 1.807) is 6.07 Å². The van der Waals surface area contributed by atoms with Gasteiger partial charge in [-0.3, -0.25) is 9.89 Å². The van der Waals surface area contributed by atoms with Gasteiger partial charge < -0.3 is 5.32 Å². The van der Waals surface area contributed by atoms with Crippen LogP contribution >= 0.6 is 22.6 Å². The molecule has 5 heteroatoms. The second-order valence-corrected chi connectivity index (χ2v) is 5.69. The molecule has 0 aliphatic rings. The van der Waals surface area contributed by atoms with Crippen molar-refractivity contribution in [2.24, 2.45) is 0 Å². The lowest BCUT2D eigenvalue weighted by atomic mass is 10.2. The average molecular weight is 369 g/mol. The Morgan fingerprint density at radius 3 is 2.89 bits per heavy atom. The van der Waals surface area contributed by atoms with Gasteiger partial charge in [0.1, 0.15) is 0 Å². The fourth-order valence-corrected chi connectivity index (χ4v) is 2.48. The number of hydrogen-bond acceptors (Lipinski definition) is 2. The molecule has 0 aliphatic heterocycles. The summed E-state index contributed by atoms with van der Waals surface area (Å²) in [6.45, 7) is 4.07. The Labute approximate surface area is 126 Å². The quantitative estimate of drug-likeness (QED) is 0.811. The molecule has 2 N–H and O–H groups in total. The minimum atomic E-state index is -0.178. The zero-order valence-corrected chi connectivity index (χ0v) is 13.1. The summed E-state index contributed by atoms with van der Waals surface area (Å²) >= 11 is 2.25. The molecule has 1 aromatic heterocycles. The molecule has 0 atom stereocenters. The molecule has 4 nitrogen and oxygen atoms in total. The predicted octanol–water partition coefficient (Wildman–Crippen LogP) is 3.53. The number of aromatic nitrogens is 2. The van der Waals surface area contributed by atoms with Gasteiger partial charge in [0.15, 0.2) is 5.69 Å². The van der Waals surface area contributed by atoms with Crippen LogP contribution in [0.5, 0.6) is 0 Å². The zero-order valence-electron chi connectivity index (χ0n) is 11.0. The van der Waals surface area contributed by atoms with E-state index >= 15 is 0 Å². The molecule has 0 radical (unpaired) electrons. The fourth-order valence-electron chi connectivity index (χ4n) is 1.83. The van der Waals surface area contributed by atoms with E-state index in [2.05, 4.69) is 45.0 Å².